The van der Waals surface area contributed by atoms with Crippen LogP contribution < -0.4 is 11.2 Å². The molecule has 3 aromatic rings. The van der Waals surface area contributed by atoms with Crippen LogP contribution in [-0.2, 0) is 4.18 Å². The molecule has 0 spiro atoms. The van der Waals surface area contributed by atoms with Crippen LogP contribution in [0.25, 0.3) is 17.0 Å². The van der Waals surface area contributed by atoms with Crippen LogP contribution >= 0.6 is 12.2 Å². The first-order chi connectivity index (χ1) is 13.2. The summed E-state index contributed by atoms with van der Waals surface area (Å²) in [6.45, 7) is 0.550. The molecule has 0 aromatic carbocycles. The van der Waals surface area contributed by atoms with Crippen molar-refractivity contribution in [2.45, 2.75) is 25.3 Å². The van der Waals surface area contributed by atoms with Gasteiger partial charge in [0, 0.05) is 24.5 Å². The second kappa shape index (κ2) is 8.19. The summed E-state index contributed by atoms with van der Waals surface area (Å²) in [5.74, 6) is 6.43. The first-order valence-corrected chi connectivity index (χ1v) is 9.45. The highest BCUT2D eigenvalue weighted by Crippen LogP contribution is 2.29. The van der Waals surface area contributed by atoms with Gasteiger partial charge in [-0.05, 0) is 48.0 Å². The average Bonchev–Trinajstić information content (AvgIpc) is 3.30. The smallest absolute Gasteiger partial charge is 0.157 e. The molecule has 3 aromatic heterocycles. The number of anilines is 1. The molecule has 2 atom stereocenters. The van der Waals surface area contributed by atoms with Crippen molar-refractivity contribution >= 4 is 23.7 Å². The van der Waals surface area contributed by atoms with Gasteiger partial charge in [0.15, 0.2) is 5.65 Å². The molecule has 1 aliphatic rings. The molecule has 2 unspecified atom stereocenters. The summed E-state index contributed by atoms with van der Waals surface area (Å²) in [7, 11) is 0. The van der Waals surface area contributed by atoms with Crippen LogP contribution in [0.3, 0.4) is 0 Å². The third-order valence-electron chi connectivity index (χ3n) is 4.61. The largest absolute Gasteiger partial charge is 0.367 e. The Labute approximate surface area is 160 Å². The lowest BCUT2D eigenvalue weighted by atomic mass is 10.1. The predicted molar refractivity (Wildman–Crippen MR) is 102 cm³/mol. The Hall–Kier alpha value is -2.24. The molecule has 27 heavy (non-hydrogen) atoms. The number of pyridine rings is 1. The van der Waals surface area contributed by atoms with Crippen molar-refractivity contribution in [1.29, 1.82) is 0 Å². The third-order valence-corrected chi connectivity index (χ3v) is 5.01. The van der Waals surface area contributed by atoms with Crippen LogP contribution in [0.15, 0.2) is 42.7 Å². The van der Waals surface area contributed by atoms with E-state index in [2.05, 4.69) is 20.4 Å². The maximum absolute atomic E-state index is 8.87. The SMILES string of the molecule is NN(O)SOCC1CCC(Nc2ccnc3cc(-c4ccccn4)nn23)C1. The maximum atomic E-state index is 8.87. The number of hydrazine groups is 1. The van der Waals surface area contributed by atoms with Crippen molar-refractivity contribution < 1.29 is 9.39 Å². The van der Waals surface area contributed by atoms with E-state index >= 15 is 0 Å². The minimum atomic E-state index is 0.333. The van der Waals surface area contributed by atoms with Gasteiger partial charge >= 0.3 is 0 Å². The van der Waals surface area contributed by atoms with E-state index in [0.29, 0.717) is 23.1 Å². The van der Waals surface area contributed by atoms with Crippen LogP contribution in [0.4, 0.5) is 5.82 Å². The first-order valence-electron chi connectivity index (χ1n) is 8.75. The van der Waals surface area contributed by atoms with Crippen molar-refractivity contribution in [3.05, 3.63) is 42.7 Å². The Balaban J connectivity index is 1.44. The van der Waals surface area contributed by atoms with Gasteiger partial charge < -0.3 is 5.32 Å². The van der Waals surface area contributed by atoms with Gasteiger partial charge in [0.05, 0.1) is 12.3 Å². The predicted octanol–water partition coefficient (Wildman–Crippen LogP) is 2.52. The van der Waals surface area contributed by atoms with Crippen LogP contribution in [0, 0.1) is 5.92 Å². The number of nitrogens with one attached hydrogen (secondary N) is 1. The van der Waals surface area contributed by atoms with E-state index < -0.39 is 0 Å². The minimum Gasteiger partial charge on any atom is -0.367 e. The maximum Gasteiger partial charge on any atom is 0.157 e. The van der Waals surface area contributed by atoms with Gasteiger partial charge in [0.25, 0.3) is 0 Å². The van der Waals surface area contributed by atoms with E-state index in [1.807, 2.05) is 34.8 Å². The second-order valence-electron chi connectivity index (χ2n) is 6.53. The zero-order valence-corrected chi connectivity index (χ0v) is 15.4. The van der Waals surface area contributed by atoms with E-state index in [0.717, 1.165) is 54.3 Å². The summed E-state index contributed by atoms with van der Waals surface area (Å²) in [5, 5.41) is 17.1. The molecule has 0 radical (unpaired) electrons. The molecule has 1 saturated carbocycles. The lowest BCUT2D eigenvalue weighted by Gasteiger charge is -2.15. The average molecular weight is 387 g/mol. The van der Waals surface area contributed by atoms with Crippen LogP contribution in [0.1, 0.15) is 19.3 Å². The number of fused-ring (bicyclic) bond motifs is 1. The van der Waals surface area contributed by atoms with Gasteiger partial charge in [-0.15, -0.1) is 0 Å². The first kappa shape index (κ1) is 18.1. The fourth-order valence-electron chi connectivity index (χ4n) is 3.39. The normalized spacial score (nSPS) is 19.8. The highest BCUT2D eigenvalue weighted by Gasteiger charge is 2.25. The Morgan fingerprint density at radius 1 is 1.26 bits per heavy atom. The van der Waals surface area contributed by atoms with Crippen LogP contribution in [0.2, 0.25) is 0 Å². The minimum absolute atomic E-state index is 0.333. The lowest BCUT2D eigenvalue weighted by Crippen LogP contribution is -2.20. The van der Waals surface area contributed by atoms with Crippen molar-refractivity contribution in [2.75, 3.05) is 11.9 Å². The Kier molecular flexibility index (Phi) is 5.50. The molecule has 142 valence electrons. The molecule has 4 N–H and O–H groups in total. The van der Waals surface area contributed by atoms with E-state index in [9.17, 15) is 0 Å². The Bertz CT molecular complexity index is 889. The standard InChI is InChI=1S/C17H21N7O2S/c18-24(25)27-26-11-12-4-5-13(9-12)21-16-6-8-20-17-10-15(22-23(16)17)14-3-1-2-7-19-14/h1-3,6-8,10,12-13,21,25H,4-5,9,11,18H2. The summed E-state index contributed by atoms with van der Waals surface area (Å²) in [4.78, 5) is 8.76. The second-order valence-corrected chi connectivity index (χ2v) is 7.29. The number of hydrogen-bond donors (Lipinski definition) is 3. The summed E-state index contributed by atoms with van der Waals surface area (Å²) < 4.78 is 7.59. The Morgan fingerprint density at radius 2 is 2.19 bits per heavy atom. The number of hydrogen-bond acceptors (Lipinski definition) is 9. The summed E-state index contributed by atoms with van der Waals surface area (Å²) in [5.41, 5.74) is 2.39. The quantitative estimate of drug-likeness (QED) is 0.243. The van der Waals surface area contributed by atoms with E-state index in [1.165, 1.54) is 0 Å². The topological polar surface area (TPSA) is 114 Å². The zero-order chi connectivity index (χ0) is 18.6. The van der Waals surface area contributed by atoms with Crippen molar-refractivity contribution in [1.82, 2.24) is 24.2 Å². The molecule has 4 rings (SSSR count). The summed E-state index contributed by atoms with van der Waals surface area (Å²) in [6, 6.07) is 9.96. The number of aromatic nitrogens is 4. The fraction of sp³-hybridized carbons (Fsp3) is 0.353. The van der Waals surface area contributed by atoms with E-state index in [4.69, 9.17) is 15.2 Å². The fourth-order valence-corrected chi connectivity index (χ4v) is 3.75. The summed E-state index contributed by atoms with van der Waals surface area (Å²) in [6.07, 6.45) is 6.62. The monoisotopic (exact) mass is 387 g/mol. The molecule has 1 aliphatic carbocycles. The number of nitrogens with zero attached hydrogens (tertiary/aromatic N) is 5. The summed E-state index contributed by atoms with van der Waals surface area (Å²) >= 11 is 0.744. The molecule has 0 aliphatic heterocycles. The van der Waals surface area contributed by atoms with Crippen molar-refractivity contribution in [3.63, 3.8) is 0 Å². The van der Waals surface area contributed by atoms with Crippen molar-refractivity contribution in [3.8, 4) is 11.4 Å². The van der Waals surface area contributed by atoms with Gasteiger partial charge in [-0.2, -0.15) is 9.61 Å². The van der Waals surface area contributed by atoms with Crippen molar-refractivity contribution in [2.24, 2.45) is 11.8 Å². The molecule has 10 heteroatoms. The van der Waals surface area contributed by atoms with Crippen LogP contribution in [0.5, 0.6) is 0 Å². The lowest BCUT2D eigenvalue weighted by molar-refractivity contribution is 0.00582. The third kappa shape index (κ3) is 4.37. The number of nitrogens with two attached hydrogens (primary N) is 1. The van der Waals surface area contributed by atoms with E-state index in [-0.39, 0.29) is 0 Å². The molecular weight excluding hydrogens is 366 g/mol. The van der Waals surface area contributed by atoms with E-state index in [1.54, 1.807) is 12.4 Å². The molecule has 0 saturated heterocycles. The zero-order valence-electron chi connectivity index (χ0n) is 14.6. The number of rotatable bonds is 7. The van der Waals surface area contributed by atoms with Gasteiger partial charge in [-0.1, -0.05) is 6.07 Å². The molecule has 0 bridgehead atoms. The van der Waals surface area contributed by atoms with Crippen LogP contribution in [-0.4, -0.2) is 42.0 Å². The van der Waals surface area contributed by atoms with Gasteiger partial charge in [0.2, 0.25) is 0 Å². The molecule has 1 fully saturated rings. The molecule has 9 nitrogen and oxygen atoms in total. The molecular formula is C17H21N7O2S. The highest BCUT2D eigenvalue weighted by molar-refractivity contribution is 7.92. The Morgan fingerprint density at radius 3 is 3.00 bits per heavy atom. The molecule has 0 amide bonds. The highest BCUT2D eigenvalue weighted by atomic mass is 32.2. The van der Waals surface area contributed by atoms with Gasteiger partial charge in [-0.25, -0.2) is 10.8 Å². The van der Waals surface area contributed by atoms with Gasteiger partial charge in [0.1, 0.15) is 23.7 Å². The van der Waals surface area contributed by atoms with Gasteiger partial charge in [-0.3, -0.25) is 14.4 Å². The molecule has 3 heterocycles.